The summed E-state index contributed by atoms with van der Waals surface area (Å²) in [6.07, 6.45) is 6.79. The maximum atomic E-state index is 13.6. The van der Waals surface area contributed by atoms with E-state index in [1.807, 2.05) is 65.2 Å². The van der Waals surface area contributed by atoms with Crippen molar-refractivity contribution in [1.82, 2.24) is 29.7 Å². The lowest BCUT2D eigenvalue weighted by atomic mass is 9.85. The van der Waals surface area contributed by atoms with Crippen LogP contribution in [0.3, 0.4) is 0 Å². The average molecular weight is 679 g/mol. The van der Waals surface area contributed by atoms with E-state index in [-0.39, 0.29) is 36.8 Å². The first-order valence-electron chi connectivity index (χ1n) is 17.6. The van der Waals surface area contributed by atoms with Crippen molar-refractivity contribution in [1.29, 1.82) is 0 Å². The van der Waals surface area contributed by atoms with Gasteiger partial charge in [-0.3, -0.25) is 9.72 Å². The Labute approximate surface area is 292 Å². The van der Waals surface area contributed by atoms with Gasteiger partial charge in [0.25, 0.3) is 0 Å². The van der Waals surface area contributed by atoms with Crippen molar-refractivity contribution in [2.75, 3.05) is 30.0 Å². The van der Waals surface area contributed by atoms with Crippen molar-refractivity contribution >= 4 is 23.4 Å². The Balaban J connectivity index is 1.08. The van der Waals surface area contributed by atoms with Crippen LogP contribution in [-0.4, -0.2) is 61.3 Å². The minimum Gasteiger partial charge on any atom is -0.491 e. The van der Waals surface area contributed by atoms with Crippen molar-refractivity contribution < 1.29 is 19.4 Å². The van der Waals surface area contributed by atoms with Crippen molar-refractivity contribution in [3.63, 3.8) is 0 Å². The van der Waals surface area contributed by atoms with Gasteiger partial charge in [-0.25, -0.2) is 9.48 Å². The fourth-order valence-electron chi connectivity index (χ4n) is 6.92. The van der Waals surface area contributed by atoms with Crippen molar-refractivity contribution in [3.05, 3.63) is 89.7 Å². The summed E-state index contributed by atoms with van der Waals surface area (Å²) < 4.78 is 16.0. The van der Waals surface area contributed by atoms with E-state index in [0.29, 0.717) is 24.0 Å². The molecule has 1 saturated heterocycles. The molecule has 3 N–H and O–H groups in total. The molecule has 50 heavy (non-hydrogen) atoms. The number of fused-ring (bicyclic) bond motifs is 2. The van der Waals surface area contributed by atoms with Gasteiger partial charge in [-0.05, 0) is 74.4 Å². The van der Waals surface area contributed by atoms with Gasteiger partial charge in [-0.15, -0.1) is 10.2 Å². The number of carbonyl (C=O) groups excluding carboxylic acids is 1. The largest absolute Gasteiger partial charge is 0.491 e. The van der Waals surface area contributed by atoms with Crippen molar-refractivity contribution in [3.8, 4) is 17.2 Å². The molecule has 262 valence electrons. The van der Waals surface area contributed by atoms with Gasteiger partial charge in [0.1, 0.15) is 30.0 Å². The standard InChI is InChI=1S/C38H46N8O4/c1-25-10-7-8-19-44(25)37-42-41-34-18-15-28(24-45(34)37)50-32-17-16-31(29-13-5-6-14-30(29)32)39-36(48)40-35-23-33(38(2,3)4)43-46(35)26-11-9-12-27(22-26)49-21-20-47/h5-6,9,11-15,18,22-25,31-32,47H,7-8,10,16-17,19-21H2,1-4H3,(H2,39,40,48)/t25?,31-,32+/m0/s1. The minimum atomic E-state index is -0.323. The molecule has 0 bridgehead atoms. The van der Waals surface area contributed by atoms with Crippen LogP contribution in [0.25, 0.3) is 11.3 Å². The zero-order valence-electron chi connectivity index (χ0n) is 29.2. The predicted octanol–water partition coefficient (Wildman–Crippen LogP) is 6.74. The number of aliphatic hydroxyl groups excluding tert-OH is 1. The number of nitrogens with one attached hydrogen (secondary N) is 2. The van der Waals surface area contributed by atoms with E-state index in [1.165, 1.54) is 6.42 Å². The zero-order chi connectivity index (χ0) is 34.8. The number of ether oxygens (including phenoxy) is 2. The monoisotopic (exact) mass is 678 g/mol. The third-order valence-corrected chi connectivity index (χ3v) is 9.58. The summed E-state index contributed by atoms with van der Waals surface area (Å²) in [6, 6.07) is 21.3. The lowest BCUT2D eigenvalue weighted by Crippen LogP contribution is -2.38. The van der Waals surface area contributed by atoms with Gasteiger partial charge in [0.15, 0.2) is 5.65 Å². The highest BCUT2D eigenvalue weighted by molar-refractivity contribution is 5.89. The smallest absolute Gasteiger partial charge is 0.320 e. The molecule has 12 heteroatoms. The van der Waals surface area contributed by atoms with E-state index in [2.05, 4.69) is 65.6 Å². The molecule has 12 nitrogen and oxygen atoms in total. The molecule has 0 radical (unpaired) electrons. The van der Waals surface area contributed by atoms with Gasteiger partial charge in [0.05, 0.1) is 30.2 Å². The van der Waals surface area contributed by atoms with Crippen LogP contribution in [-0.2, 0) is 5.41 Å². The Bertz CT molecular complexity index is 1960. The molecule has 3 atom stereocenters. The van der Waals surface area contributed by atoms with Crippen LogP contribution in [0.2, 0.25) is 0 Å². The van der Waals surface area contributed by atoms with Crippen molar-refractivity contribution in [2.24, 2.45) is 0 Å². The molecular formula is C38H46N8O4. The Hall–Kier alpha value is -5.10. The highest BCUT2D eigenvalue weighted by Crippen LogP contribution is 2.39. The maximum Gasteiger partial charge on any atom is 0.320 e. The normalized spacial score (nSPS) is 19.2. The molecule has 1 aliphatic heterocycles. The number of piperidine rings is 1. The summed E-state index contributed by atoms with van der Waals surface area (Å²) in [5, 5.41) is 29.3. The molecule has 5 aromatic rings. The van der Waals surface area contributed by atoms with Gasteiger partial charge in [0.2, 0.25) is 5.95 Å². The summed E-state index contributed by atoms with van der Waals surface area (Å²) >= 11 is 0. The molecule has 7 rings (SSSR count). The van der Waals surface area contributed by atoms with Gasteiger partial charge in [-0.1, -0.05) is 51.1 Å². The van der Waals surface area contributed by atoms with Crippen LogP contribution in [0, 0.1) is 0 Å². The third-order valence-electron chi connectivity index (χ3n) is 9.58. The number of urea groups is 1. The fourth-order valence-corrected chi connectivity index (χ4v) is 6.92. The zero-order valence-corrected chi connectivity index (χ0v) is 29.2. The number of nitrogens with zero attached hydrogens (tertiary/aromatic N) is 6. The van der Waals surface area contributed by atoms with E-state index < -0.39 is 0 Å². The average Bonchev–Trinajstić information content (AvgIpc) is 3.73. The van der Waals surface area contributed by atoms with Crippen molar-refractivity contribution in [2.45, 2.75) is 83.4 Å². The lowest BCUT2D eigenvalue weighted by molar-refractivity contribution is 0.171. The first kappa shape index (κ1) is 33.4. The Morgan fingerprint density at radius 3 is 2.60 bits per heavy atom. The molecule has 2 aliphatic rings. The first-order valence-corrected chi connectivity index (χ1v) is 17.6. The van der Waals surface area contributed by atoms with Gasteiger partial charge >= 0.3 is 6.03 Å². The number of benzene rings is 2. The highest BCUT2D eigenvalue weighted by atomic mass is 16.5. The summed E-state index contributed by atoms with van der Waals surface area (Å²) in [7, 11) is 0. The van der Waals surface area contributed by atoms with Crippen LogP contribution >= 0.6 is 0 Å². The number of anilines is 2. The molecule has 1 fully saturated rings. The van der Waals surface area contributed by atoms with Crippen LogP contribution < -0.4 is 25.0 Å². The van der Waals surface area contributed by atoms with E-state index >= 15 is 0 Å². The second-order valence-corrected chi connectivity index (χ2v) is 14.2. The topological polar surface area (TPSA) is 131 Å². The molecular weight excluding hydrogens is 632 g/mol. The fraction of sp³-hybridized carbons (Fsp3) is 0.421. The van der Waals surface area contributed by atoms with Gasteiger partial charge in [-0.2, -0.15) is 5.10 Å². The number of aliphatic hydroxyl groups is 1. The lowest BCUT2D eigenvalue weighted by Gasteiger charge is -2.33. The maximum absolute atomic E-state index is 13.6. The summed E-state index contributed by atoms with van der Waals surface area (Å²) in [5.41, 5.74) is 4.20. The van der Waals surface area contributed by atoms with Crippen LogP contribution in [0.4, 0.5) is 16.6 Å². The van der Waals surface area contributed by atoms with E-state index in [0.717, 1.165) is 65.7 Å². The van der Waals surface area contributed by atoms with Crippen LogP contribution in [0.1, 0.15) is 88.8 Å². The highest BCUT2D eigenvalue weighted by Gasteiger charge is 2.31. The summed E-state index contributed by atoms with van der Waals surface area (Å²) in [5.74, 6) is 2.75. The number of hydrogen-bond donors (Lipinski definition) is 3. The Morgan fingerprint density at radius 2 is 1.80 bits per heavy atom. The SMILES string of the molecule is CC1CCCCN1c1nnc2ccc(O[C@@H]3CC[C@H](NC(=O)Nc4cc(C(C)(C)C)nn4-c4cccc(OCCO)c4)c4ccccc43)cn12. The molecule has 1 unspecified atom stereocenters. The second kappa shape index (κ2) is 14.0. The quantitative estimate of drug-likeness (QED) is 0.156. The number of pyridine rings is 1. The number of rotatable bonds is 9. The Morgan fingerprint density at radius 1 is 0.960 bits per heavy atom. The number of aromatic nitrogens is 5. The molecule has 1 aliphatic carbocycles. The van der Waals surface area contributed by atoms with E-state index in [4.69, 9.17) is 14.6 Å². The number of amides is 2. The Kier molecular flexibility index (Phi) is 9.37. The minimum absolute atomic E-state index is 0.0810. The van der Waals surface area contributed by atoms with Gasteiger partial charge < -0.3 is 24.8 Å². The van der Waals surface area contributed by atoms with E-state index in [9.17, 15) is 9.90 Å². The van der Waals surface area contributed by atoms with Crippen LogP contribution in [0.15, 0.2) is 72.9 Å². The third kappa shape index (κ3) is 6.98. The number of hydrogen-bond acceptors (Lipinski definition) is 8. The first-order chi connectivity index (χ1) is 24.2. The van der Waals surface area contributed by atoms with Gasteiger partial charge in [0, 0.05) is 30.1 Å². The molecule has 0 saturated carbocycles. The van der Waals surface area contributed by atoms with Crippen LogP contribution in [0.5, 0.6) is 11.5 Å². The predicted molar refractivity (Wildman–Crippen MR) is 192 cm³/mol. The number of carbonyl (C=O) groups is 1. The molecule has 0 spiro atoms. The summed E-state index contributed by atoms with van der Waals surface area (Å²) in [4.78, 5) is 16.0. The summed E-state index contributed by atoms with van der Waals surface area (Å²) in [6.45, 7) is 9.58. The molecule has 2 aromatic carbocycles. The van der Waals surface area contributed by atoms with E-state index in [1.54, 1.807) is 4.68 Å². The molecule has 2 amide bonds. The second-order valence-electron chi connectivity index (χ2n) is 14.2. The molecule has 3 aromatic heterocycles. The molecule has 4 heterocycles.